The summed E-state index contributed by atoms with van der Waals surface area (Å²) >= 11 is 0. The summed E-state index contributed by atoms with van der Waals surface area (Å²) in [5, 5.41) is 3.41. The van der Waals surface area contributed by atoms with Crippen molar-refractivity contribution in [3.63, 3.8) is 0 Å². The van der Waals surface area contributed by atoms with E-state index in [2.05, 4.69) is 15.2 Å². The lowest BCUT2D eigenvalue weighted by molar-refractivity contribution is 0.190. The number of pyridine rings is 1. The molecule has 1 aromatic heterocycles. The van der Waals surface area contributed by atoms with Gasteiger partial charge in [0.15, 0.2) is 0 Å². The van der Waals surface area contributed by atoms with Crippen molar-refractivity contribution >= 4 is 5.82 Å². The Morgan fingerprint density at radius 1 is 1.29 bits per heavy atom. The lowest BCUT2D eigenvalue weighted by atomic mass is 10.2. The minimum atomic E-state index is -0.301. The Bertz CT molecular complexity index is 433. The number of methoxy groups -OCH3 is 2. The van der Waals surface area contributed by atoms with E-state index in [0.29, 0.717) is 38.9 Å². The number of hydrogen-bond acceptors (Lipinski definition) is 5. The topological polar surface area (TPSA) is 46.6 Å². The van der Waals surface area contributed by atoms with Crippen molar-refractivity contribution in [1.29, 1.82) is 0 Å². The van der Waals surface area contributed by atoms with E-state index in [9.17, 15) is 4.39 Å². The lowest BCUT2D eigenvalue weighted by Gasteiger charge is -2.25. The van der Waals surface area contributed by atoms with Crippen molar-refractivity contribution in [2.24, 2.45) is 0 Å². The average molecular weight is 297 g/mol. The SMILES string of the molecule is COCCN(CCOC)c1ncc(F)cc1CNC1CC1. The zero-order valence-corrected chi connectivity index (χ0v) is 12.8. The van der Waals surface area contributed by atoms with Crippen molar-refractivity contribution in [3.05, 3.63) is 23.6 Å². The molecule has 1 aliphatic rings. The fourth-order valence-corrected chi connectivity index (χ4v) is 2.16. The minimum absolute atomic E-state index is 0.301. The second kappa shape index (κ2) is 8.26. The third kappa shape index (κ3) is 5.22. The molecule has 0 saturated heterocycles. The van der Waals surface area contributed by atoms with Gasteiger partial charge in [0.25, 0.3) is 0 Å². The molecule has 1 N–H and O–H groups in total. The molecule has 6 heteroatoms. The number of aromatic nitrogens is 1. The number of nitrogens with one attached hydrogen (secondary N) is 1. The van der Waals surface area contributed by atoms with Crippen LogP contribution in [0.4, 0.5) is 10.2 Å². The molecule has 0 radical (unpaired) electrons. The minimum Gasteiger partial charge on any atom is -0.383 e. The summed E-state index contributed by atoms with van der Waals surface area (Å²) in [6, 6.07) is 2.14. The number of anilines is 1. The summed E-state index contributed by atoms with van der Waals surface area (Å²) in [6.07, 6.45) is 3.67. The van der Waals surface area contributed by atoms with Crippen LogP contribution in [0.1, 0.15) is 18.4 Å². The molecule has 0 unspecified atom stereocenters. The third-order valence-corrected chi connectivity index (χ3v) is 3.50. The summed E-state index contributed by atoms with van der Waals surface area (Å²) in [4.78, 5) is 6.36. The Morgan fingerprint density at radius 3 is 2.52 bits per heavy atom. The molecule has 0 spiro atoms. The fraction of sp³-hybridized carbons (Fsp3) is 0.667. The van der Waals surface area contributed by atoms with Crippen LogP contribution in [0, 0.1) is 5.82 Å². The molecule has 21 heavy (non-hydrogen) atoms. The quantitative estimate of drug-likeness (QED) is 0.710. The van der Waals surface area contributed by atoms with Crippen molar-refractivity contribution in [1.82, 2.24) is 10.3 Å². The molecule has 2 rings (SSSR count). The van der Waals surface area contributed by atoms with E-state index >= 15 is 0 Å². The van der Waals surface area contributed by atoms with Crippen LogP contribution >= 0.6 is 0 Å². The maximum atomic E-state index is 13.5. The lowest BCUT2D eigenvalue weighted by Crippen LogP contribution is -2.33. The molecule has 1 fully saturated rings. The summed E-state index contributed by atoms with van der Waals surface area (Å²) < 4.78 is 23.8. The van der Waals surface area contributed by atoms with E-state index in [1.807, 2.05) is 0 Å². The zero-order chi connectivity index (χ0) is 15.1. The molecular formula is C15H24FN3O2. The molecule has 1 aromatic rings. The second-order valence-electron chi connectivity index (χ2n) is 5.26. The highest BCUT2D eigenvalue weighted by Gasteiger charge is 2.21. The maximum absolute atomic E-state index is 13.5. The van der Waals surface area contributed by atoms with Gasteiger partial charge in [0, 0.05) is 45.5 Å². The van der Waals surface area contributed by atoms with Gasteiger partial charge in [-0.05, 0) is 18.9 Å². The van der Waals surface area contributed by atoms with Crippen molar-refractivity contribution in [2.45, 2.75) is 25.4 Å². The number of halogens is 1. The van der Waals surface area contributed by atoms with E-state index in [0.717, 1.165) is 11.4 Å². The highest BCUT2D eigenvalue weighted by Crippen LogP contribution is 2.22. The first-order chi connectivity index (χ1) is 10.2. The molecule has 0 aliphatic heterocycles. The highest BCUT2D eigenvalue weighted by molar-refractivity contribution is 5.47. The van der Waals surface area contributed by atoms with E-state index < -0.39 is 0 Å². The van der Waals surface area contributed by atoms with Gasteiger partial charge in [-0.1, -0.05) is 0 Å². The Labute approximate surface area is 125 Å². The molecule has 0 amide bonds. The Hall–Kier alpha value is -1.24. The Morgan fingerprint density at radius 2 is 1.95 bits per heavy atom. The predicted molar refractivity (Wildman–Crippen MR) is 80.0 cm³/mol. The van der Waals surface area contributed by atoms with Gasteiger partial charge in [-0.15, -0.1) is 0 Å². The maximum Gasteiger partial charge on any atom is 0.141 e. The third-order valence-electron chi connectivity index (χ3n) is 3.50. The first kappa shape index (κ1) is 16.1. The van der Waals surface area contributed by atoms with Crippen molar-refractivity contribution < 1.29 is 13.9 Å². The summed E-state index contributed by atoms with van der Waals surface area (Å²) in [5.74, 6) is 0.503. The van der Waals surface area contributed by atoms with Crippen molar-refractivity contribution in [3.8, 4) is 0 Å². The summed E-state index contributed by atoms with van der Waals surface area (Å²) in [6.45, 7) is 3.24. The van der Waals surface area contributed by atoms with Gasteiger partial charge in [-0.3, -0.25) is 0 Å². The first-order valence-corrected chi connectivity index (χ1v) is 7.35. The van der Waals surface area contributed by atoms with Crippen LogP contribution < -0.4 is 10.2 Å². The normalized spacial score (nSPS) is 14.4. The predicted octanol–water partition coefficient (Wildman–Crippen LogP) is 1.57. The van der Waals surface area contributed by atoms with Gasteiger partial charge >= 0.3 is 0 Å². The fourth-order valence-electron chi connectivity index (χ4n) is 2.16. The van der Waals surface area contributed by atoms with Gasteiger partial charge in [-0.2, -0.15) is 0 Å². The largest absolute Gasteiger partial charge is 0.383 e. The Balaban J connectivity index is 2.10. The standard InChI is InChI=1S/C15H24FN3O2/c1-20-7-5-19(6-8-21-2)15-12(9-13(16)11-18-15)10-17-14-3-4-14/h9,11,14,17H,3-8,10H2,1-2H3. The van der Waals surface area contributed by atoms with E-state index in [4.69, 9.17) is 9.47 Å². The molecule has 0 aromatic carbocycles. The smallest absolute Gasteiger partial charge is 0.141 e. The number of nitrogens with zero attached hydrogens (tertiary/aromatic N) is 2. The van der Waals surface area contributed by atoms with Crippen LogP contribution in [-0.2, 0) is 16.0 Å². The van der Waals surface area contributed by atoms with Crippen LogP contribution in [0.5, 0.6) is 0 Å². The van der Waals surface area contributed by atoms with Gasteiger partial charge in [0.2, 0.25) is 0 Å². The molecule has 1 saturated carbocycles. The summed E-state index contributed by atoms with van der Waals surface area (Å²) in [7, 11) is 3.34. The van der Waals surface area contributed by atoms with E-state index in [-0.39, 0.29) is 5.82 Å². The van der Waals surface area contributed by atoms with Crippen LogP contribution in [0.25, 0.3) is 0 Å². The molecule has 0 bridgehead atoms. The monoisotopic (exact) mass is 297 g/mol. The van der Waals surface area contributed by atoms with Gasteiger partial charge in [0.1, 0.15) is 11.6 Å². The highest BCUT2D eigenvalue weighted by atomic mass is 19.1. The van der Waals surface area contributed by atoms with Gasteiger partial charge in [0.05, 0.1) is 19.4 Å². The zero-order valence-electron chi connectivity index (χ0n) is 12.8. The molecule has 5 nitrogen and oxygen atoms in total. The van der Waals surface area contributed by atoms with Gasteiger partial charge in [-0.25, -0.2) is 9.37 Å². The molecule has 1 aliphatic carbocycles. The van der Waals surface area contributed by atoms with E-state index in [1.165, 1.54) is 19.0 Å². The number of hydrogen-bond donors (Lipinski definition) is 1. The summed E-state index contributed by atoms with van der Waals surface area (Å²) in [5.41, 5.74) is 0.883. The van der Waals surface area contributed by atoms with Crippen LogP contribution in [0.2, 0.25) is 0 Å². The van der Waals surface area contributed by atoms with Gasteiger partial charge < -0.3 is 19.7 Å². The van der Waals surface area contributed by atoms with E-state index in [1.54, 1.807) is 20.3 Å². The van der Waals surface area contributed by atoms with Crippen molar-refractivity contribution in [2.75, 3.05) is 45.4 Å². The Kier molecular flexibility index (Phi) is 6.35. The first-order valence-electron chi connectivity index (χ1n) is 7.35. The molecule has 0 atom stereocenters. The average Bonchev–Trinajstić information content (AvgIpc) is 3.30. The number of rotatable bonds is 10. The molecule has 1 heterocycles. The molecule has 118 valence electrons. The van der Waals surface area contributed by atoms with Crippen LogP contribution in [0.3, 0.4) is 0 Å². The van der Waals surface area contributed by atoms with Crippen LogP contribution in [-0.4, -0.2) is 51.5 Å². The van der Waals surface area contributed by atoms with Crippen LogP contribution in [0.15, 0.2) is 12.3 Å². The second-order valence-corrected chi connectivity index (χ2v) is 5.26. The molecular weight excluding hydrogens is 273 g/mol. The number of ether oxygens (including phenoxy) is 2.